The largest absolute Gasteiger partial charge is 0.481 e. The van der Waals surface area contributed by atoms with E-state index in [-0.39, 0.29) is 5.97 Å². The van der Waals surface area contributed by atoms with E-state index < -0.39 is 0 Å². The molecule has 2 aromatic heterocycles. The number of esters is 1. The van der Waals surface area contributed by atoms with E-state index in [1.165, 1.54) is 11.5 Å². The molecular weight excluding hydrogens is 290 g/mol. The van der Waals surface area contributed by atoms with E-state index in [1.807, 2.05) is 6.07 Å². The summed E-state index contributed by atoms with van der Waals surface area (Å²) >= 11 is 1.25. The minimum Gasteiger partial charge on any atom is -0.481 e. The van der Waals surface area contributed by atoms with Crippen molar-refractivity contribution in [3.63, 3.8) is 0 Å². The van der Waals surface area contributed by atoms with Crippen molar-refractivity contribution in [1.29, 1.82) is 0 Å². The number of aromatic nitrogens is 2. The van der Waals surface area contributed by atoms with Gasteiger partial charge >= 0.3 is 5.97 Å². The Bertz CT molecular complexity index is 610. The SMILES string of the molecule is CCOC(=O)c1c(C)nsc1NCc1ccc(OC)nc1. The zero-order chi connectivity index (χ0) is 15.2. The molecule has 0 radical (unpaired) electrons. The first kappa shape index (κ1) is 15.2. The molecule has 0 aliphatic rings. The lowest BCUT2D eigenvalue weighted by Crippen LogP contribution is -2.09. The van der Waals surface area contributed by atoms with Crippen LogP contribution < -0.4 is 10.1 Å². The summed E-state index contributed by atoms with van der Waals surface area (Å²) in [6.45, 7) is 4.47. The van der Waals surface area contributed by atoms with Gasteiger partial charge in [0.2, 0.25) is 5.88 Å². The lowest BCUT2D eigenvalue weighted by atomic mass is 10.2. The Morgan fingerprint density at radius 3 is 2.86 bits per heavy atom. The second-order valence-electron chi connectivity index (χ2n) is 4.25. The lowest BCUT2D eigenvalue weighted by molar-refractivity contribution is 0.0527. The summed E-state index contributed by atoms with van der Waals surface area (Å²) in [7, 11) is 1.58. The number of hydrogen-bond acceptors (Lipinski definition) is 7. The number of aryl methyl sites for hydroxylation is 1. The molecule has 0 spiro atoms. The van der Waals surface area contributed by atoms with Crippen LogP contribution in [0.3, 0.4) is 0 Å². The van der Waals surface area contributed by atoms with E-state index in [0.717, 1.165) is 5.56 Å². The second kappa shape index (κ2) is 7.03. The number of rotatable bonds is 6. The van der Waals surface area contributed by atoms with Crippen LogP contribution >= 0.6 is 11.5 Å². The fourth-order valence-corrected chi connectivity index (χ4v) is 2.53. The molecule has 0 amide bonds. The molecule has 0 aliphatic carbocycles. The number of carbonyl (C=O) groups is 1. The molecule has 2 rings (SSSR count). The van der Waals surface area contributed by atoms with Crippen molar-refractivity contribution in [1.82, 2.24) is 9.36 Å². The standard InChI is InChI=1S/C14H17N3O3S/c1-4-20-14(18)12-9(2)17-21-13(12)16-8-10-5-6-11(19-3)15-7-10/h5-7,16H,4,8H2,1-3H3. The van der Waals surface area contributed by atoms with Gasteiger partial charge in [-0.3, -0.25) is 0 Å². The van der Waals surface area contributed by atoms with Gasteiger partial charge in [0.05, 0.1) is 19.4 Å². The van der Waals surface area contributed by atoms with Crippen LogP contribution in [-0.4, -0.2) is 29.0 Å². The van der Waals surface area contributed by atoms with Gasteiger partial charge in [-0.2, -0.15) is 4.37 Å². The van der Waals surface area contributed by atoms with Gasteiger partial charge in [-0.05, 0) is 30.9 Å². The first-order valence-electron chi connectivity index (χ1n) is 6.51. The summed E-state index contributed by atoms with van der Waals surface area (Å²) < 4.78 is 14.3. The Balaban J connectivity index is 2.07. The van der Waals surface area contributed by atoms with E-state index in [4.69, 9.17) is 9.47 Å². The Labute approximate surface area is 127 Å². The highest BCUT2D eigenvalue weighted by atomic mass is 32.1. The monoisotopic (exact) mass is 307 g/mol. The molecular formula is C14H17N3O3S. The van der Waals surface area contributed by atoms with Crippen LogP contribution in [0.15, 0.2) is 18.3 Å². The summed E-state index contributed by atoms with van der Waals surface area (Å²) in [5, 5.41) is 3.91. The van der Waals surface area contributed by atoms with E-state index in [0.29, 0.717) is 35.3 Å². The molecule has 0 aliphatic heterocycles. The predicted molar refractivity (Wildman–Crippen MR) is 80.9 cm³/mol. The number of anilines is 1. The molecule has 2 heterocycles. The minimum absolute atomic E-state index is 0.343. The van der Waals surface area contributed by atoms with Gasteiger partial charge in [0.25, 0.3) is 0 Å². The van der Waals surface area contributed by atoms with Gasteiger partial charge in [0, 0.05) is 18.8 Å². The topological polar surface area (TPSA) is 73.3 Å². The Morgan fingerprint density at radius 1 is 1.43 bits per heavy atom. The van der Waals surface area contributed by atoms with E-state index >= 15 is 0 Å². The molecule has 0 fully saturated rings. The van der Waals surface area contributed by atoms with Crippen LogP contribution in [0.2, 0.25) is 0 Å². The molecule has 2 aromatic rings. The fraction of sp³-hybridized carbons (Fsp3) is 0.357. The van der Waals surface area contributed by atoms with Crippen molar-refractivity contribution >= 4 is 22.5 Å². The van der Waals surface area contributed by atoms with Crippen molar-refractivity contribution < 1.29 is 14.3 Å². The molecule has 0 aromatic carbocycles. The van der Waals surface area contributed by atoms with Crippen LogP contribution in [0.1, 0.15) is 28.5 Å². The van der Waals surface area contributed by atoms with Crippen molar-refractivity contribution in [2.24, 2.45) is 0 Å². The maximum Gasteiger partial charge on any atom is 0.343 e. The van der Waals surface area contributed by atoms with Gasteiger partial charge in [0.15, 0.2) is 0 Å². The van der Waals surface area contributed by atoms with Crippen molar-refractivity contribution in [3.05, 3.63) is 35.2 Å². The predicted octanol–water partition coefficient (Wildman–Crippen LogP) is 2.64. The third-order valence-corrected chi connectivity index (χ3v) is 3.70. The summed E-state index contributed by atoms with van der Waals surface area (Å²) in [4.78, 5) is 16.1. The fourth-order valence-electron chi connectivity index (χ4n) is 1.75. The Morgan fingerprint density at radius 2 is 2.24 bits per heavy atom. The highest BCUT2D eigenvalue weighted by molar-refractivity contribution is 7.10. The number of carbonyl (C=O) groups excluding carboxylic acids is 1. The van der Waals surface area contributed by atoms with Gasteiger partial charge in [0.1, 0.15) is 10.6 Å². The highest BCUT2D eigenvalue weighted by Crippen LogP contribution is 2.26. The first-order chi connectivity index (χ1) is 10.2. The zero-order valence-electron chi connectivity index (χ0n) is 12.2. The summed E-state index contributed by atoms with van der Waals surface area (Å²) in [5.41, 5.74) is 2.16. The van der Waals surface area contributed by atoms with E-state index in [9.17, 15) is 4.79 Å². The van der Waals surface area contributed by atoms with Gasteiger partial charge in [-0.25, -0.2) is 9.78 Å². The number of hydrogen-bond donors (Lipinski definition) is 1. The normalized spacial score (nSPS) is 10.2. The molecule has 0 unspecified atom stereocenters. The number of pyridine rings is 1. The van der Waals surface area contributed by atoms with Crippen LogP contribution in [0.5, 0.6) is 5.88 Å². The molecule has 112 valence electrons. The second-order valence-corrected chi connectivity index (χ2v) is 5.03. The Kier molecular flexibility index (Phi) is 5.10. The van der Waals surface area contributed by atoms with E-state index in [2.05, 4.69) is 14.7 Å². The third-order valence-electron chi connectivity index (χ3n) is 2.80. The molecule has 0 bridgehead atoms. The smallest absolute Gasteiger partial charge is 0.343 e. The molecule has 6 nitrogen and oxygen atoms in total. The maximum atomic E-state index is 11.9. The van der Waals surface area contributed by atoms with Crippen LogP contribution in [-0.2, 0) is 11.3 Å². The minimum atomic E-state index is -0.348. The molecule has 0 atom stereocenters. The van der Waals surface area contributed by atoms with Crippen molar-refractivity contribution in [2.75, 3.05) is 19.0 Å². The number of methoxy groups -OCH3 is 1. The molecule has 21 heavy (non-hydrogen) atoms. The van der Waals surface area contributed by atoms with E-state index in [1.54, 1.807) is 33.2 Å². The number of nitrogens with zero attached hydrogens (tertiary/aromatic N) is 2. The number of nitrogens with one attached hydrogen (secondary N) is 1. The zero-order valence-corrected chi connectivity index (χ0v) is 13.0. The molecule has 0 saturated heterocycles. The summed E-state index contributed by atoms with van der Waals surface area (Å²) in [6.07, 6.45) is 1.73. The highest BCUT2D eigenvalue weighted by Gasteiger charge is 2.19. The first-order valence-corrected chi connectivity index (χ1v) is 7.29. The summed E-state index contributed by atoms with van der Waals surface area (Å²) in [5.74, 6) is 0.221. The van der Waals surface area contributed by atoms with Crippen LogP contribution in [0.25, 0.3) is 0 Å². The Hall–Kier alpha value is -2.15. The van der Waals surface area contributed by atoms with Crippen LogP contribution in [0, 0.1) is 6.92 Å². The lowest BCUT2D eigenvalue weighted by Gasteiger charge is -2.07. The van der Waals surface area contributed by atoms with Crippen molar-refractivity contribution in [3.8, 4) is 5.88 Å². The third kappa shape index (κ3) is 3.69. The molecule has 0 saturated carbocycles. The van der Waals surface area contributed by atoms with Gasteiger partial charge < -0.3 is 14.8 Å². The average Bonchev–Trinajstić information content (AvgIpc) is 2.87. The molecule has 1 N–H and O–H groups in total. The van der Waals surface area contributed by atoms with Crippen molar-refractivity contribution in [2.45, 2.75) is 20.4 Å². The van der Waals surface area contributed by atoms with Gasteiger partial charge in [-0.15, -0.1) is 0 Å². The molecule has 7 heteroatoms. The van der Waals surface area contributed by atoms with Crippen LogP contribution in [0.4, 0.5) is 5.00 Å². The summed E-state index contributed by atoms with van der Waals surface area (Å²) in [6, 6.07) is 3.71. The maximum absolute atomic E-state index is 11.9. The van der Waals surface area contributed by atoms with Gasteiger partial charge in [-0.1, -0.05) is 6.07 Å². The quantitative estimate of drug-likeness (QED) is 0.827. The average molecular weight is 307 g/mol. The number of ether oxygens (including phenoxy) is 2.